The lowest BCUT2D eigenvalue weighted by Crippen LogP contribution is -2.49. The Bertz CT molecular complexity index is 802. The number of nitrogens with one attached hydrogen (secondary N) is 3. The van der Waals surface area contributed by atoms with E-state index in [1.807, 2.05) is 44.2 Å². The Morgan fingerprint density at radius 2 is 1.54 bits per heavy atom. The third-order valence-corrected chi connectivity index (χ3v) is 4.38. The van der Waals surface area contributed by atoms with Gasteiger partial charge in [-0.1, -0.05) is 56.3 Å². The SMILES string of the molecule is CNC(=O)c1ccc(CNC(=O)C(NC(=O)Cc2ccccc2)C(C)C)cc1. The number of amides is 3. The lowest BCUT2D eigenvalue weighted by Gasteiger charge is -2.22. The van der Waals surface area contributed by atoms with E-state index in [2.05, 4.69) is 16.0 Å². The quantitative estimate of drug-likeness (QED) is 0.654. The molecule has 2 rings (SSSR count). The van der Waals surface area contributed by atoms with E-state index in [-0.39, 0.29) is 30.1 Å². The van der Waals surface area contributed by atoms with E-state index in [9.17, 15) is 14.4 Å². The Morgan fingerprint density at radius 1 is 0.893 bits per heavy atom. The highest BCUT2D eigenvalue weighted by Crippen LogP contribution is 2.07. The van der Waals surface area contributed by atoms with E-state index in [1.54, 1.807) is 31.3 Å². The van der Waals surface area contributed by atoms with E-state index in [4.69, 9.17) is 0 Å². The molecule has 6 nitrogen and oxygen atoms in total. The Hall–Kier alpha value is -3.15. The van der Waals surface area contributed by atoms with Crippen LogP contribution in [-0.2, 0) is 22.6 Å². The molecular formula is C22H27N3O3. The van der Waals surface area contributed by atoms with Gasteiger partial charge in [-0.2, -0.15) is 0 Å². The van der Waals surface area contributed by atoms with Crippen molar-refractivity contribution in [1.29, 1.82) is 0 Å². The zero-order valence-electron chi connectivity index (χ0n) is 16.5. The minimum atomic E-state index is -0.610. The molecule has 0 aliphatic heterocycles. The molecule has 1 atom stereocenters. The van der Waals surface area contributed by atoms with E-state index in [0.717, 1.165) is 11.1 Å². The molecule has 3 amide bonds. The topological polar surface area (TPSA) is 87.3 Å². The predicted molar refractivity (Wildman–Crippen MR) is 109 cm³/mol. The Balaban J connectivity index is 1.91. The molecule has 0 aliphatic rings. The molecule has 2 aromatic rings. The molecule has 3 N–H and O–H groups in total. The zero-order valence-corrected chi connectivity index (χ0v) is 16.5. The minimum Gasteiger partial charge on any atom is -0.355 e. The van der Waals surface area contributed by atoms with Crippen LogP contribution in [0.15, 0.2) is 54.6 Å². The summed E-state index contributed by atoms with van der Waals surface area (Å²) >= 11 is 0. The first-order chi connectivity index (χ1) is 13.4. The van der Waals surface area contributed by atoms with Crippen molar-refractivity contribution in [3.05, 3.63) is 71.3 Å². The van der Waals surface area contributed by atoms with Gasteiger partial charge >= 0.3 is 0 Å². The van der Waals surface area contributed by atoms with Gasteiger partial charge in [-0.3, -0.25) is 14.4 Å². The number of benzene rings is 2. The lowest BCUT2D eigenvalue weighted by molar-refractivity contribution is -0.129. The molecule has 0 saturated carbocycles. The summed E-state index contributed by atoms with van der Waals surface area (Å²) in [7, 11) is 1.58. The predicted octanol–water partition coefficient (Wildman–Crippen LogP) is 2.05. The first-order valence-corrected chi connectivity index (χ1v) is 9.32. The summed E-state index contributed by atoms with van der Waals surface area (Å²) in [6, 6.07) is 15.8. The highest BCUT2D eigenvalue weighted by Gasteiger charge is 2.23. The molecule has 6 heteroatoms. The highest BCUT2D eigenvalue weighted by atomic mass is 16.2. The first-order valence-electron chi connectivity index (χ1n) is 9.32. The number of hydrogen-bond donors (Lipinski definition) is 3. The van der Waals surface area contributed by atoms with Crippen molar-refractivity contribution in [3.63, 3.8) is 0 Å². The van der Waals surface area contributed by atoms with Gasteiger partial charge in [0, 0.05) is 19.2 Å². The van der Waals surface area contributed by atoms with Crippen molar-refractivity contribution >= 4 is 17.7 Å². The summed E-state index contributed by atoms with van der Waals surface area (Å²) in [6.45, 7) is 4.11. The van der Waals surface area contributed by atoms with Gasteiger partial charge in [-0.25, -0.2) is 0 Å². The van der Waals surface area contributed by atoms with Crippen LogP contribution < -0.4 is 16.0 Å². The summed E-state index contributed by atoms with van der Waals surface area (Å²) in [5.41, 5.74) is 2.34. The largest absolute Gasteiger partial charge is 0.355 e. The molecule has 0 saturated heterocycles. The van der Waals surface area contributed by atoms with Gasteiger partial charge in [0.05, 0.1) is 6.42 Å². The maximum Gasteiger partial charge on any atom is 0.251 e. The van der Waals surface area contributed by atoms with E-state index in [0.29, 0.717) is 12.1 Å². The molecule has 0 heterocycles. The van der Waals surface area contributed by atoms with E-state index in [1.165, 1.54) is 0 Å². The molecule has 2 aromatic carbocycles. The zero-order chi connectivity index (χ0) is 20.5. The third kappa shape index (κ3) is 6.23. The fraction of sp³-hybridized carbons (Fsp3) is 0.318. The van der Waals surface area contributed by atoms with Gasteiger partial charge in [0.15, 0.2) is 0 Å². The van der Waals surface area contributed by atoms with Crippen LogP contribution in [0.5, 0.6) is 0 Å². The second-order valence-electron chi connectivity index (χ2n) is 6.95. The van der Waals surface area contributed by atoms with Crippen LogP contribution in [-0.4, -0.2) is 30.8 Å². The van der Waals surface area contributed by atoms with E-state index >= 15 is 0 Å². The second-order valence-corrected chi connectivity index (χ2v) is 6.95. The van der Waals surface area contributed by atoms with Crippen LogP contribution in [0.4, 0.5) is 0 Å². The Morgan fingerprint density at radius 3 is 2.11 bits per heavy atom. The number of rotatable bonds is 8. The second kappa shape index (κ2) is 10.3. The Kier molecular flexibility index (Phi) is 7.75. The van der Waals surface area contributed by atoms with Crippen molar-refractivity contribution in [1.82, 2.24) is 16.0 Å². The molecular weight excluding hydrogens is 354 g/mol. The summed E-state index contributed by atoms with van der Waals surface area (Å²) in [5, 5.41) is 8.25. The lowest BCUT2D eigenvalue weighted by atomic mass is 10.0. The van der Waals surface area contributed by atoms with Crippen LogP contribution in [0.2, 0.25) is 0 Å². The van der Waals surface area contributed by atoms with Crippen molar-refractivity contribution < 1.29 is 14.4 Å². The third-order valence-electron chi connectivity index (χ3n) is 4.38. The average molecular weight is 381 g/mol. The summed E-state index contributed by atoms with van der Waals surface area (Å²) < 4.78 is 0. The summed E-state index contributed by atoms with van der Waals surface area (Å²) in [5.74, 6) is -0.617. The van der Waals surface area contributed by atoms with Gasteiger partial charge in [0.2, 0.25) is 11.8 Å². The number of carbonyl (C=O) groups excluding carboxylic acids is 3. The molecule has 0 aromatic heterocycles. The van der Waals surface area contributed by atoms with Crippen molar-refractivity contribution in [2.45, 2.75) is 32.9 Å². The first kappa shape index (κ1) is 21.2. The summed E-state index contributed by atoms with van der Waals surface area (Å²) in [6.07, 6.45) is 0.234. The van der Waals surface area contributed by atoms with Crippen molar-refractivity contribution in [2.24, 2.45) is 5.92 Å². The van der Waals surface area contributed by atoms with Crippen LogP contribution in [0.3, 0.4) is 0 Å². The standard InChI is InChI=1S/C22H27N3O3/c1-15(2)20(25-19(26)13-16-7-5-4-6-8-16)22(28)24-14-17-9-11-18(12-10-17)21(27)23-3/h4-12,15,20H,13-14H2,1-3H3,(H,23,27)(H,24,28)(H,25,26). The molecule has 0 bridgehead atoms. The van der Waals surface area contributed by atoms with Crippen LogP contribution >= 0.6 is 0 Å². The maximum absolute atomic E-state index is 12.6. The molecule has 148 valence electrons. The summed E-state index contributed by atoms with van der Waals surface area (Å²) in [4.78, 5) is 36.5. The number of hydrogen-bond acceptors (Lipinski definition) is 3. The molecule has 1 unspecified atom stereocenters. The fourth-order valence-electron chi connectivity index (χ4n) is 2.76. The molecule has 0 radical (unpaired) electrons. The van der Waals surface area contributed by atoms with Crippen LogP contribution in [0.1, 0.15) is 35.3 Å². The van der Waals surface area contributed by atoms with Gasteiger partial charge in [0.1, 0.15) is 6.04 Å². The molecule has 28 heavy (non-hydrogen) atoms. The average Bonchev–Trinajstić information content (AvgIpc) is 2.70. The number of carbonyl (C=O) groups is 3. The fourth-order valence-corrected chi connectivity index (χ4v) is 2.76. The van der Waals surface area contributed by atoms with Gasteiger partial charge in [0.25, 0.3) is 5.91 Å². The smallest absolute Gasteiger partial charge is 0.251 e. The maximum atomic E-state index is 12.6. The molecule has 0 fully saturated rings. The van der Waals surface area contributed by atoms with Gasteiger partial charge in [-0.05, 0) is 29.2 Å². The van der Waals surface area contributed by atoms with Gasteiger partial charge < -0.3 is 16.0 Å². The molecule has 0 aliphatic carbocycles. The van der Waals surface area contributed by atoms with Crippen LogP contribution in [0.25, 0.3) is 0 Å². The highest BCUT2D eigenvalue weighted by molar-refractivity contribution is 5.94. The molecule has 0 spiro atoms. The van der Waals surface area contributed by atoms with Gasteiger partial charge in [-0.15, -0.1) is 0 Å². The minimum absolute atomic E-state index is 0.0460. The normalized spacial score (nSPS) is 11.6. The Labute approximate surface area is 165 Å². The van der Waals surface area contributed by atoms with Crippen LogP contribution in [0, 0.1) is 5.92 Å². The monoisotopic (exact) mass is 381 g/mol. The van der Waals surface area contributed by atoms with Crippen molar-refractivity contribution in [2.75, 3.05) is 7.05 Å². The van der Waals surface area contributed by atoms with E-state index < -0.39 is 6.04 Å². The van der Waals surface area contributed by atoms with Crippen molar-refractivity contribution in [3.8, 4) is 0 Å².